The van der Waals surface area contributed by atoms with Gasteiger partial charge in [0.1, 0.15) is 11.9 Å². The zero-order valence-electron chi connectivity index (χ0n) is 17.2. The SMILES string of the molecule is Cc1cc(N2C(=S)N[C@@H](c3ccccn3)[C@@H]2c2cccn2-c2ccccc2F)ccc1Br. The summed E-state index contributed by atoms with van der Waals surface area (Å²) >= 11 is 9.39. The number of pyridine rings is 1. The van der Waals surface area contributed by atoms with Crippen LogP contribution in [0.5, 0.6) is 0 Å². The number of benzene rings is 2. The van der Waals surface area contributed by atoms with E-state index in [1.165, 1.54) is 6.07 Å². The second-order valence-corrected chi connectivity index (χ2v) is 8.93. The minimum atomic E-state index is -0.279. The van der Waals surface area contributed by atoms with Crippen molar-refractivity contribution in [2.24, 2.45) is 0 Å². The summed E-state index contributed by atoms with van der Waals surface area (Å²) in [5.74, 6) is -0.279. The molecule has 1 N–H and O–H groups in total. The van der Waals surface area contributed by atoms with Crippen LogP contribution in [0.4, 0.5) is 10.1 Å². The van der Waals surface area contributed by atoms with Gasteiger partial charge >= 0.3 is 0 Å². The molecule has 1 aliphatic heterocycles. The van der Waals surface area contributed by atoms with Crippen LogP contribution in [0, 0.1) is 12.7 Å². The van der Waals surface area contributed by atoms with Gasteiger partial charge in [0.25, 0.3) is 0 Å². The van der Waals surface area contributed by atoms with E-state index in [2.05, 4.69) is 37.2 Å². The van der Waals surface area contributed by atoms with E-state index in [1.54, 1.807) is 18.3 Å². The fourth-order valence-electron chi connectivity index (χ4n) is 4.21. The predicted octanol–water partition coefficient (Wildman–Crippen LogP) is 6.26. The van der Waals surface area contributed by atoms with Crippen molar-refractivity contribution in [1.82, 2.24) is 14.9 Å². The number of hydrogen-bond donors (Lipinski definition) is 1. The van der Waals surface area contributed by atoms with E-state index in [0.29, 0.717) is 10.8 Å². The topological polar surface area (TPSA) is 33.1 Å². The second-order valence-electron chi connectivity index (χ2n) is 7.68. The fourth-order valence-corrected chi connectivity index (χ4v) is 4.81. The molecular formula is C25H20BrFN4S. The lowest BCUT2D eigenvalue weighted by Crippen LogP contribution is -2.30. The lowest BCUT2D eigenvalue weighted by Gasteiger charge is -2.29. The molecule has 32 heavy (non-hydrogen) atoms. The zero-order valence-corrected chi connectivity index (χ0v) is 19.6. The van der Waals surface area contributed by atoms with Gasteiger partial charge in [0, 0.05) is 28.2 Å². The highest BCUT2D eigenvalue weighted by atomic mass is 79.9. The minimum Gasteiger partial charge on any atom is -0.351 e. The molecule has 0 amide bonds. The van der Waals surface area contributed by atoms with Crippen LogP contribution in [0.3, 0.4) is 0 Å². The number of halogens is 2. The molecule has 0 saturated carbocycles. The van der Waals surface area contributed by atoms with Gasteiger partial charge in [0.05, 0.1) is 17.4 Å². The van der Waals surface area contributed by atoms with Gasteiger partial charge in [-0.25, -0.2) is 4.39 Å². The fraction of sp³-hybridized carbons (Fsp3) is 0.120. The first-order valence-corrected chi connectivity index (χ1v) is 11.4. The summed E-state index contributed by atoms with van der Waals surface area (Å²) in [7, 11) is 0. The largest absolute Gasteiger partial charge is 0.351 e. The minimum absolute atomic E-state index is 0.201. The van der Waals surface area contributed by atoms with E-state index in [0.717, 1.165) is 27.1 Å². The molecule has 160 valence electrons. The van der Waals surface area contributed by atoms with Gasteiger partial charge in [-0.1, -0.05) is 34.1 Å². The maximum atomic E-state index is 14.7. The molecule has 4 aromatic rings. The Morgan fingerprint density at radius 3 is 2.59 bits per heavy atom. The number of aromatic nitrogens is 2. The summed E-state index contributed by atoms with van der Waals surface area (Å²) in [6.07, 6.45) is 3.66. The van der Waals surface area contributed by atoms with Gasteiger partial charge in [-0.3, -0.25) is 4.98 Å². The third-order valence-electron chi connectivity index (χ3n) is 5.71. The van der Waals surface area contributed by atoms with Gasteiger partial charge < -0.3 is 14.8 Å². The van der Waals surface area contributed by atoms with Gasteiger partial charge in [-0.2, -0.15) is 0 Å². The summed E-state index contributed by atoms with van der Waals surface area (Å²) in [5, 5.41) is 4.07. The van der Waals surface area contributed by atoms with Gasteiger partial charge in [-0.05, 0) is 79.3 Å². The number of para-hydroxylation sites is 1. The highest BCUT2D eigenvalue weighted by molar-refractivity contribution is 9.10. The van der Waals surface area contributed by atoms with Gasteiger partial charge in [0.2, 0.25) is 0 Å². The van der Waals surface area contributed by atoms with Gasteiger partial charge in [-0.15, -0.1) is 0 Å². The highest BCUT2D eigenvalue weighted by Crippen LogP contribution is 2.43. The van der Waals surface area contributed by atoms with Crippen molar-refractivity contribution in [2.75, 3.05) is 4.90 Å². The van der Waals surface area contributed by atoms with Crippen LogP contribution in [0.1, 0.15) is 29.0 Å². The van der Waals surface area contributed by atoms with Crippen LogP contribution in [0.25, 0.3) is 5.69 Å². The molecule has 4 nitrogen and oxygen atoms in total. The van der Waals surface area contributed by atoms with Crippen molar-refractivity contribution in [1.29, 1.82) is 0 Å². The number of rotatable bonds is 4. The van der Waals surface area contributed by atoms with Crippen molar-refractivity contribution >= 4 is 38.9 Å². The van der Waals surface area contributed by atoms with Crippen LogP contribution < -0.4 is 10.2 Å². The average Bonchev–Trinajstić information content (AvgIpc) is 3.41. The molecule has 1 saturated heterocycles. The second kappa shape index (κ2) is 8.48. The van der Waals surface area contributed by atoms with Crippen molar-refractivity contribution in [3.8, 4) is 5.69 Å². The summed E-state index contributed by atoms with van der Waals surface area (Å²) in [5.41, 5.74) is 4.36. The van der Waals surface area contributed by atoms with E-state index < -0.39 is 0 Å². The molecule has 3 heterocycles. The van der Waals surface area contributed by atoms with E-state index in [4.69, 9.17) is 12.2 Å². The summed E-state index contributed by atoms with van der Waals surface area (Å²) in [6, 6.07) is 22.3. The Labute approximate surface area is 199 Å². The quantitative estimate of drug-likeness (QED) is 0.331. The van der Waals surface area contributed by atoms with E-state index in [-0.39, 0.29) is 17.9 Å². The number of nitrogens with zero attached hydrogens (tertiary/aromatic N) is 3. The Balaban J connectivity index is 1.69. The molecule has 0 unspecified atom stereocenters. The zero-order chi connectivity index (χ0) is 22.2. The molecule has 0 aliphatic carbocycles. The molecule has 0 bridgehead atoms. The third kappa shape index (κ3) is 3.61. The molecule has 7 heteroatoms. The molecule has 1 aliphatic rings. The van der Waals surface area contributed by atoms with Crippen molar-refractivity contribution in [3.05, 3.63) is 112 Å². The molecule has 2 aromatic heterocycles. The normalized spacial score (nSPS) is 18.1. The third-order valence-corrected chi connectivity index (χ3v) is 6.92. The smallest absolute Gasteiger partial charge is 0.174 e. The first-order valence-electron chi connectivity index (χ1n) is 10.2. The van der Waals surface area contributed by atoms with E-state index >= 15 is 0 Å². The van der Waals surface area contributed by atoms with Crippen LogP contribution in [-0.2, 0) is 0 Å². The first-order chi connectivity index (χ1) is 15.5. The van der Waals surface area contributed by atoms with Crippen LogP contribution in [0.2, 0.25) is 0 Å². The molecule has 1 fully saturated rings. The van der Waals surface area contributed by atoms with E-state index in [1.807, 2.05) is 66.2 Å². The number of thiocarbonyl (C=S) groups is 1. The first kappa shape index (κ1) is 20.8. The van der Waals surface area contributed by atoms with E-state index in [9.17, 15) is 4.39 Å². The van der Waals surface area contributed by atoms with Crippen LogP contribution in [-0.4, -0.2) is 14.7 Å². The standard InChI is InChI=1S/C25H20BrFN4S/c1-16-15-17(11-12-18(16)26)31-24(23(29-25(31)32)20-8-4-5-13-28-20)22-10-6-14-30(22)21-9-3-2-7-19(21)27/h2-15,23-24H,1H3,(H,29,32)/t23-,24-/m0/s1. The Hall–Kier alpha value is -3.03. The monoisotopic (exact) mass is 506 g/mol. The molecule has 0 radical (unpaired) electrons. The average molecular weight is 507 g/mol. The van der Waals surface area contributed by atoms with Crippen LogP contribution >= 0.6 is 28.1 Å². The molecular weight excluding hydrogens is 487 g/mol. The lowest BCUT2D eigenvalue weighted by atomic mass is 10.0. The van der Waals surface area contributed by atoms with Crippen molar-refractivity contribution in [3.63, 3.8) is 0 Å². The van der Waals surface area contributed by atoms with Crippen LogP contribution in [0.15, 0.2) is 89.7 Å². The predicted molar refractivity (Wildman–Crippen MR) is 133 cm³/mol. The maximum absolute atomic E-state index is 14.7. The number of nitrogens with one attached hydrogen (secondary N) is 1. The number of anilines is 1. The molecule has 2 aromatic carbocycles. The molecule has 5 rings (SSSR count). The Bertz CT molecular complexity index is 1290. The Morgan fingerprint density at radius 1 is 1.03 bits per heavy atom. The van der Waals surface area contributed by atoms with Crippen molar-refractivity contribution in [2.45, 2.75) is 19.0 Å². The maximum Gasteiger partial charge on any atom is 0.174 e. The lowest BCUT2D eigenvalue weighted by molar-refractivity contribution is 0.544. The number of hydrogen-bond acceptors (Lipinski definition) is 2. The van der Waals surface area contributed by atoms with Gasteiger partial charge in [0.15, 0.2) is 5.11 Å². The highest BCUT2D eigenvalue weighted by Gasteiger charge is 2.42. The Morgan fingerprint density at radius 2 is 1.84 bits per heavy atom. The molecule has 0 spiro atoms. The summed E-state index contributed by atoms with van der Waals surface area (Å²) in [4.78, 5) is 6.69. The van der Waals surface area contributed by atoms with Crippen molar-refractivity contribution < 1.29 is 4.39 Å². The molecule has 2 atom stereocenters. The summed E-state index contributed by atoms with van der Waals surface area (Å²) in [6.45, 7) is 2.05. The number of aryl methyl sites for hydroxylation is 1. The Kier molecular flexibility index (Phi) is 5.53. The summed E-state index contributed by atoms with van der Waals surface area (Å²) < 4.78 is 17.7.